The molecule has 0 saturated heterocycles. The lowest BCUT2D eigenvalue weighted by Crippen LogP contribution is -2.44. The first-order valence-electron chi connectivity index (χ1n) is 6.88. The number of benzene rings is 1. The minimum Gasteiger partial charge on any atom is -0.375 e. The van der Waals surface area contributed by atoms with E-state index >= 15 is 0 Å². The van der Waals surface area contributed by atoms with Crippen LogP contribution in [0.2, 0.25) is 0 Å². The highest BCUT2D eigenvalue weighted by molar-refractivity contribution is 5.81. The number of hydrogen-bond donors (Lipinski definition) is 3. The normalized spacial score (nSPS) is 12.0. The van der Waals surface area contributed by atoms with Gasteiger partial charge in [0.1, 0.15) is 6.04 Å². The number of rotatable bonds is 8. The van der Waals surface area contributed by atoms with Crippen LogP contribution in [0.15, 0.2) is 42.9 Å². The maximum Gasteiger partial charge on any atom is 0.239 e. The van der Waals surface area contributed by atoms with Crippen molar-refractivity contribution in [3.63, 3.8) is 0 Å². The molecule has 1 heterocycles. The summed E-state index contributed by atoms with van der Waals surface area (Å²) in [5, 5.41) is 2.77. The van der Waals surface area contributed by atoms with E-state index in [9.17, 15) is 4.79 Å². The van der Waals surface area contributed by atoms with E-state index in [0.29, 0.717) is 19.6 Å². The van der Waals surface area contributed by atoms with Crippen LogP contribution in [0.25, 0.3) is 0 Å². The summed E-state index contributed by atoms with van der Waals surface area (Å²) in [6.07, 6.45) is 4.09. The van der Waals surface area contributed by atoms with Gasteiger partial charge in [-0.05, 0) is 5.56 Å². The Kier molecular flexibility index (Phi) is 5.93. The number of carbonyl (C=O) groups is 1. The van der Waals surface area contributed by atoms with Gasteiger partial charge < -0.3 is 20.8 Å². The number of ether oxygens (including phenoxy) is 1. The molecule has 0 aliphatic carbocycles. The molecular formula is C15H20N4O2. The van der Waals surface area contributed by atoms with E-state index in [1.807, 2.05) is 30.3 Å². The Hall–Kier alpha value is -2.18. The SMILES string of the molecule is N[C@@H](COCc1ccccc1)C(=O)NCCc1c[nH]cn1. The number of nitrogens with one attached hydrogen (secondary N) is 2. The maximum atomic E-state index is 11.8. The monoisotopic (exact) mass is 288 g/mol. The van der Waals surface area contributed by atoms with Gasteiger partial charge in [0.2, 0.25) is 5.91 Å². The summed E-state index contributed by atoms with van der Waals surface area (Å²) in [6.45, 7) is 1.16. The molecule has 4 N–H and O–H groups in total. The smallest absolute Gasteiger partial charge is 0.239 e. The number of H-pyrrole nitrogens is 1. The zero-order valence-electron chi connectivity index (χ0n) is 11.8. The molecule has 1 amide bonds. The van der Waals surface area contributed by atoms with Gasteiger partial charge in [-0.3, -0.25) is 4.79 Å². The van der Waals surface area contributed by atoms with E-state index in [-0.39, 0.29) is 12.5 Å². The number of carbonyl (C=O) groups excluding carboxylic acids is 1. The highest BCUT2D eigenvalue weighted by Gasteiger charge is 2.13. The Morgan fingerprint density at radius 1 is 1.38 bits per heavy atom. The Bertz CT molecular complexity index is 528. The molecule has 1 aromatic heterocycles. The van der Waals surface area contributed by atoms with Crippen molar-refractivity contribution >= 4 is 5.91 Å². The van der Waals surface area contributed by atoms with Crippen molar-refractivity contribution in [2.45, 2.75) is 19.1 Å². The van der Waals surface area contributed by atoms with Crippen LogP contribution in [0.4, 0.5) is 0 Å². The summed E-state index contributed by atoms with van der Waals surface area (Å²) in [5.41, 5.74) is 7.75. The van der Waals surface area contributed by atoms with Crippen LogP contribution in [0, 0.1) is 0 Å². The average Bonchev–Trinajstić information content (AvgIpc) is 3.01. The lowest BCUT2D eigenvalue weighted by molar-refractivity contribution is -0.123. The first-order valence-corrected chi connectivity index (χ1v) is 6.88. The molecule has 1 atom stereocenters. The summed E-state index contributed by atoms with van der Waals surface area (Å²) in [5.74, 6) is -0.210. The largest absolute Gasteiger partial charge is 0.375 e. The maximum absolute atomic E-state index is 11.8. The van der Waals surface area contributed by atoms with E-state index in [0.717, 1.165) is 11.3 Å². The van der Waals surface area contributed by atoms with Crippen molar-refractivity contribution in [1.82, 2.24) is 15.3 Å². The van der Waals surface area contributed by atoms with E-state index in [1.165, 1.54) is 0 Å². The average molecular weight is 288 g/mol. The third-order valence-corrected chi connectivity index (χ3v) is 2.98. The van der Waals surface area contributed by atoms with Gasteiger partial charge in [0, 0.05) is 19.2 Å². The summed E-state index contributed by atoms with van der Waals surface area (Å²) in [7, 11) is 0. The Balaban J connectivity index is 1.61. The van der Waals surface area contributed by atoms with Crippen molar-refractivity contribution in [2.75, 3.05) is 13.2 Å². The van der Waals surface area contributed by atoms with Crippen LogP contribution in [-0.2, 0) is 22.6 Å². The van der Waals surface area contributed by atoms with Crippen LogP contribution in [0.1, 0.15) is 11.3 Å². The van der Waals surface area contributed by atoms with Crippen LogP contribution >= 0.6 is 0 Å². The number of imidazole rings is 1. The van der Waals surface area contributed by atoms with Crippen molar-refractivity contribution < 1.29 is 9.53 Å². The number of nitrogens with zero attached hydrogens (tertiary/aromatic N) is 1. The van der Waals surface area contributed by atoms with E-state index in [4.69, 9.17) is 10.5 Å². The molecule has 2 aromatic rings. The topological polar surface area (TPSA) is 93.0 Å². The van der Waals surface area contributed by atoms with Gasteiger partial charge in [0.25, 0.3) is 0 Å². The second kappa shape index (κ2) is 8.18. The Morgan fingerprint density at radius 3 is 2.90 bits per heavy atom. The third kappa shape index (κ3) is 5.37. The number of nitrogens with two attached hydrogens (primary N) is 1. The molecule has 0 spiro atoms. The standard InChI is InChI=1S/C15H20N4O2/c16-14(10-21-9-12-4-2-1-3-5-12)15(20)18-7-6-13-8-17-11-19-13/h1-5,8,11,14H,6-7,9-10,16H2,(H,17,19)(H,18,20)/t14-/m0/s1. The summed E-state index contributed by atoms with van der Waals surface area (Å²) < 4.78 is 5.45. The zero-order chi connectivity index (χ0) is 14.9. The molecule has 0 saturated carbocycles. The molecule has 0 aliphatic heterocycles. The highest BCUT2D eigenvalue weighted by Crippen LogP contribution is 2.00. The fraction of sp³-hybridized carbons (Fsp3) is 0.333. The first-order chi connectivity index (χ1) is 10.3. The molecule has 6 nitrogen and oxygen atoms in total. The number of amides is 1. The Morgan fingerprint density at radius 2 is 2.19 bits per heavy atom. The summed E-state index contributed by atoms with van der Waals surface area (Å²) in [6, 6.07) is 9.11. The van der Waals surface area contributed by atoms with Gasteiger partial charge >= 0.3 is 0 Å². The minimum atomic E-state index is -0.659. The van der Waals surface area contributed by atoms with Crippen LogP contribution in [-0.4, -0.2) is 35.1 Å². The van der Waals surface area contributed by atoms with Gasteiger partial charge in [-0.1, -0.05) is 30.3 Å². The van der Waals surface area contributed by atoms with Gasteiger partial charge in [0.05, 0.1) is 25.2 Å². The van der Waals surface area contributed by atoms with Crippen molar-refractivity contribution in [2.24, 2.45) is 5.73 Å². The molecule has 6 heteroatoms. The first kappa shape index (κ1) is 15.2. The number of aromatic amines is 1. The van der Waals surface area contributed by atoms with E-state index < -0.39 is 6.04 Å². The summed E-state index contributed by atoms with van der Waals surface area (Å²) in [4.78, 5) is 18.7. The molecule has 112 valence electrons. The Labute approximate surface area is 123 Å². The second-order valence-electron chi connectivity index (χ2n) is 4.71. The fourth-order valence-electron chi connectivity index (χ4n) is 1.83. The number of hydrogen-bond acceptors (Lipinski definition) is 4. The predicted molar refractivity (Wildman–Crippen MR) is 79.4 cm³/mol. The quantitative estimate of drug-likeness (QED) is 0.663. The third-order valence-electron chi connectivity index (χ3n) is 2.98. The van der Waals surface area contributed by atoms with Gasteiger partial charge in [-0.15, -0.1) is 0 Å². The van der Waals surface area contributed by atoms with Gasteiger partial charge in [-0.2, -0.15) is 0 Å². The molecule has 0 aliphatic rings. The van der Waals surface area contributed by atoms with E-state index in [1.54, 1.807) is 12.5 Å². The number of aromatic nitrogens is 2. The lowest BCUT2D eigenvalue weighted by Gasteiger charge is -2.12. The second-order valence-corrected chi connectivity index (χ2v) is 4.71. The van der Waals surface area contributed by atoms with Crippen molar-refractivity contribution in [3.05, 3.63) is 54.1 Å². The predicted octanol–water partition coefficient (Wildman–Crippen LogP) is 0.612. The van der Waals surface area contributed by atoms with Gasteiger partial charge in [0.15, 0.2) is 0 Å². The molecule has 0 radical (unpaired) electrons. The van der Waals surface area contributed by atoms with Crippen LogP contribution < -0.4 is 11.1 Å². The van der Waals surface area contributed by atoms with Crippen molar-refractivity contribution in [3.8, 4) is 0 Å². The highest BCUT2D eigenvalue weighted by atomic mass is 16.5. The molecule has 1 aromatic carbocycles. The summed E-state index contributed by atoms with van der Waals surface area (Å²) >= 11 is 0. The minimum absolute atomic E-state index is 0.198. The molecule has 21 heavy (non-hydrogen) atoms. The van der Waals surface area contributed by atoms with Crippen molar-refractivity contribution in [1.29, 1.82) is 0 Å². The lowest BCUT2D eigenvalue weighted by atomic mass is 10.2. The van der Waals surface area contributed by atoms with Crippen LogP contribution in [0.5, 0.6) is 0 Å². The fourth-order valence-corrected chi connectivity index (χ4v) is 1.83. The molecule has 0 fully saturated rings. The van der Waals surface area contributed by atoms with Gasteiger partial charge in [-0.25, -0.2) is 4.98 Å². The zero-order valence-corrected chi connectivity index (χ0v) is 11.8. The molecular weight excluding hydrogens is 268 g/mol. The molecule has 2 rings (SSSR count). The molecule has 0 unspecified atom stereocenters. The molecule has 0 bridgehead atoms. The van der Waals surface area contributed by atoms with E-state index in [2.05, 4.69) is 15.3 Å². The van der Waals surface area contributed by atoms with Crippen LogP contribution in [0.3, 0.4) is 0 Å².